The van der Waals surface area contributed by atoms with Gasteiger partial charge in [-0.25, -0.2) is 9.97 Å². The minimum Gasteiger partial charge on any atom is -0.324 e. The largest absolute Gasteiger partial charge is 0.324 e. The van der Waals surface area contributed by atoms with Crippen LogP contribution in [-0.4, -0.2) is 15.9 Å². The van der Waals surface area contributed by atoms with Crippen molar-refractivity contribution < 1.29 is 4.79 Å². The Kier molecular flexibility index (Phi) is 4.90. The molecule has 0 unspecified atom stereocenters. The molecule has 1 aromatic heterocycles. The molecule has 0 saturated carbocycles. The summed E-state index contributed by atoms with van der Waals surface area (Å²) >= 11 is 0. The summed E-state index contributed by atoms with van der Waals surface area (Å²) in [5.41, 5.74) is 4.33. The summed E-state index contributed by atoms with van der Waals surface area (Å²) in [6.07, 6.45) is 1.53. The highest BCUT2D eigenvalue weighted by Crippen LogP contribution is 2.20. The fourth-order valence-electron chi connectivity index (χ4n) is 2.49. The summed E-state index contributed by atoms with van der Waals surface area (Å²) in [4.78, 5) is 20.9. The van der Waals surface area contributed by atoms with Crippen LogP contribution in [0, 0.1) is 25.2 Å². The molecule has 3 rings (SSSR count). The number of nitriles is 1. The van der Waals surface area contributed by atoms with Gasteiger partial charge < -0.3 is 10.6 Å². The predicted molar refractivity (Wildman–Crippen MR) is 100 cm³/mol. The second kappa shape index (κ2) is 7.45. The SMILES string of the molecule is Cc1cccc(C)c1NC(=O)c1ccnc(Nc2ccc(C#N)cc2)n1. The van der Waals surface area contributed by atoms with Gasteiger partial charge in [-0.15, -0.1) is 0 Å². The van der Waals surface area contributed by atoms with Crippen LogP contribution < -0.4 is 10.6 Å². The second-order valence-corrected chi connectivity index (χ2v) is 5.80. The summed E-state index contributed by atoms with van der Waals surface area (Å²) in [6.45, 7) is 3.89. The second-order valence-electron chi connectivity index (χ2n) is 5.80. The quantitative estimate of drug-likeness (QED) is 0.748. The van der Waals surface area contributed by atoms with Gasteiger partial charge in [0, 0.05) is 17.6 Å². The van der Waals surface area contributed by atoms with E-state index < -0.39 is 0 Å². The lowest BCUT2D eigenvalue weighted by atomic mass is 10.1. The Morgan fingerprint density at radius 1 is 1.04 bits per heavy atom. The van der Waals surface area contributed by atoms with Crippen LogP contribution in [0.1, 0.15) is 27.2 Å². The molecule has 1 amide bonds. The Bertz CT molecular complexity index is 970. The van der Waals surface area contributed by atoms with Gasteiger partial charge in [0.05, 0.1) is 11.6 Å². The number of hydrogen-bond acceptors (Lipinski definition) is 5. The first kappa shape index (κ1) is 17.1. The first-order valence-corrected chi connectivity index (χ1v) is 8.04. The molecule has 6 nitrogen and oxygen atoms in total. The average molecular weight is 343 g/mol. The van der Waals surface area contributed by atoms with E-state index in [9.17, 15) is 4.79 Å². The molecule has 0 saturated heterocycles. The van der Waals surface area contributed by atoms with E-state index in [1.807, 2.05) is 32.0 Å². The number of benzene rings is 2. The first-order chi connectivity index (χ1) is 12.6. The van der Waals surface area contributed by atoms with Crippen LogP contribution in [0.2, 0.25) is 0 Å². The first-order valence-electron chi connectivity index (χ1n) is 8.04. The zero-order chi connectivity index (χ0) is 18.5. The molecule has 128 valence electrons. The van der Waals surface area contributed by atoms with E-state index in [2.05, 4.69) is 26.7 Å². The Morgan fingerprint density at radius 3 is 2.38 bits per heavy atom. The van der Waals surface area contributed by atoms with Crippen LogP contribution >= 0.6 is 0 Å². The Balaban J connectivity index is 1.78. The van der Waals surface area contributed by atoms with Crippen molar-refractivity contribution >= 4 is 23.2 Å². The third kappa shape index (κ3) is 3.84. The van der Waals surface area contributed by atoms with E-state index in [0.717, 1.165) is 22.5 Å². The predicted octanol–water partition coefficient (Wildman–Crippen LogP) is 3.96. The van der Waals surface area contributed by atoms with Crippen LogP contribution in [0.15, 0.2) is 54.7 Å². The molecular weight excluding hydrogens is 326 g/mol. The van der Waals surface area contributed by atoms with Crippen molar-refractivity contribution in [1.29, 1.82) is 5.26 Å². The number of nitrogens with zero attached hydrogens (tertiary/aromatic N) is 3. The lowest BCUT2D eigenvalue weighted by Crippen LogP contribution is -2.16. The topological polar surface area (TPSA) is 90.7 Å². The monoisotopic (exact) mass is 343 g/mol. The van der Waals surface area contributed by atoms with Gasteiger partial charge in [-0.3, -0.25) is 4.79 Å². The third-order valence-electron chi connectivity index (χ3n) is 3.88. The molecule has 1 heterocycles. The van der Waals surface area contributed by atoms with Gasteiger partial charge in [0.1, 0.15) is 5.69 Å². The molecule has 6 heteroatoms. The maximum atomic E-state index is 12.5. The molecule has 3 aromatic rings. The standard InChI is InChI=1S/C20H17N5O/c1-13-4-3-5-14(2)18(13)25-19(26)17-10-11-22-20(24-17)23-16-8-6-15(12-21)7-9-16/h3-11H,1-2H3,(H,25,26)(H,22,23,24). The Morgan fingerprint density at radius 2 is 1.73 bits per heavy atom. The van der Waals surface area contributed by atoms with E-state index in [-0.39, 0.29) is 11.6 Å². The summed E-state index contributed by atoms with van der Waals surface area (Å²) in [5, 5.41) is 14.8. The highest BCUT2D eigenvalue weighted by atomic mass is 16.1. The highest BCUT2D eigenvalue weighted by Gasteiger charge is 2.12. The van der Waals surface area contributed by atoms with E-state index in [1.165, 1.54) is 6.20 Å². The molecule has 0 fully saturated rings. The maximum absolute atomic E-state index is 12.5. The molecule has 0 radical (unpaired) electrons. The van der Waals surface area contributed by atoms with Gasteiger partial charge in [0.25, 0.3) is 5.91 Å². The molecular formula is C20H17N5O. The third-order valence-corrected chi connectivity index (χ3v) is 3.88. The number of rotatable bonds is 4. The summed E-state index contributed by atoms with van der Waals surface area (Å²) < 4.78 is 0. The number of hydrogen-bond donors (Lipinski definition) is 2. The van der Waals surface area contributed by atoms with E-state index in [0.29, 0.717) is 11.5 Å². The van der Waals surface area contributed by atoms with Crippen molar-refractivity contribution in [1.82, 2.24) is 9.97 Å². The fraction of sp³-hybridized carbons (Fsp3) is 0.100. The highest BCUT2D eigenvalue weighted by molar-refractivity contribution is 6.03. The van der Waals surface area contributed by atoms with Gasteiger partial charge in [-0.1, -0.05) is 18.2 Å². The van der Waals surface area contributed by atoms with Gasteiger partial charge in [0.15, 0.2) is 0 Å². The maximum Gasteiger partial charge on any atom is 0.274 e. The molecule has 26 heavy (non-hydrogen) atoms. The summed E-state index contributed by atoms with van der Waals surface area (Å²) in [5.74, 6) is 0.0107. The summed E-state index contributed by atoms with van der Waals surface area (Å²) in [6, 6.07) is 16.4. The van der Waals surface area contributed by atoms with Crippen LogP contribution in [-0.2, 0) is 0 Å². The van der Waals surface area contributed by atoms with E-state index in [4.69, 9.17) is 5.26 Å². The number of carbonyl (C=O) groups is 1. The number of para-hydroxylation sites is 1. The van der Waals surface area contributed by atoms with Crippen LogP contribution in [0.5, 0.6) is 0 Å². The van der Waals surface area contributed by atoms with Gasteiger partial charge >= 0.3 is 0 Å². The Hall–Kier alpha value is -3.72. The smallest absolute Gasteiger partial charge is 0.274 e. The molecule has 0 bridgehead atoms. The number of aryl methyl sites for hydroxylation is 2. The minimum absolute atomic E-state index is 0.263. The summed E-state index contributed by atoms with van der Waals surface area (Å²) in [7, 11) is 0. The van der Waals surface area contributed by atoms with Crippen LogP contribution in [0.3, 0.4) is 0 Å². The van der Waals surface area contributed by atoms with E-state index in [1.54, 1.807) is 30.3 Å². The van der Waals surface area contributed by atoms with Gasteiger partial charge in [0.2, 0.25) is 5.95 Å². The molecule has 0 aliphatic rings. The lowest BCUT2D eigenvalue weighted by Gasteiger charge is -2.11. The van der Waals surface area contributed by atoms with Gasteiger partial charge in [-0.05, 0) is 55.3 Å². The van der Waals surface area contributed by atoms with Crippen molar-refractivity contribution in [2.45, 2.75) is 13.8 Å². The number of amides is 1. The van der Waals surface area contributed by atoms with Crippen molar-refractivity contribution in [3.05, 3.63) is 77.1 Å². The van der Waals surface area contributed by atoms with E-state index >= 15 is 0 Å². The number of carbonyl (C=O) groups excluding carboxylic acids is 1. The fourth-order valence-corrected chi connectivity index (χ4v) is 2.49. The van der Waals surface area contributed by atoms with Crippen molar-refractivity contribution in [2.24, 2.45) is 0 Å². The zero-order valence-electron chi connectivity index (χ0n) is 14.4. The average Bonchev–Trinajstić information content (AvgIpc) is 2.65. The lowest BCUT2D eigenvalue weighted by molar-refractivity contribution is 0.102. The molecule has 2 N–H and O–H groups in total. The molecule has 2 aromatic carbocycles. The number of aromatic nitrogens is 2. The normalized spacial score (nSPS) is 10.0. The zero-order valence-corrected chi connectivity index (χ0v) is 14.4. The number of anilines is 3. The minimum atomic E-state index is -0.298. The van der Waals surface area contributed by atoms with Crippen molar-refractivity contribution in [3.63, 3.8) is 0 Å². The Labute approximate surface area is 151 Å². The molecule has 0 aliphatic carbocycles. The van der Waals surface area contributed by atoms with Crippen LogP contribution in [0.4, 0.5) is 17.3 Å². The van der Waals surface area contributed by atoms with Crippen LogP contribution in [0.25, 0.3) is 0 Å². The molecule has 0 spiro atoms. The number of nitrogens with one attached hydrogen (secondary N) is 2. The molecule has 0 atom stereocenters. The molecule has 0 aliphatic heterocycles. The van der Waals surface area contributed by atoms with Crippen molar-refractivity contribution in [3.8, 4) is 6.07 Å². The van der Waals surface area contributed by atoms with Crippen molar-refractivity contribution in [2.75, 3.05) is 10.6 Å². The van der Waals surface area contributed by atoms with Gasteiger partial charge in [-0.2, -0.15) is 5.26 Å².